The van der Waals surface area contributed by atoms with Crippen molar-refractivity contribution in [1.29, 1.82) is 0 Å². The number of aliphatic imine (C=N–C) groups is 1. The van der Waals surface area contributed by atoms with Crippen molar-refractivity contribution >= 4 is 66.1 Å². The van der Waals surface area contributed by atoms with Crippen LogP contribution in [0.15, 0.2) is 147 Å². The molecule has 204 valence electrons. The number of furan rings is 2. The summed E-state index contributed by atoms with van der Waals surface area (Å²) in [6, 6.07) is 44.2. The number of hydrogen-bond donors (Lipinski definition) is 1. The molecule has 9 rings (SSSR count). The van der Waals surface area contributed by atoms with E-state index < -0.39 is 0 Å². The molecule has 4 heteroatoms. The molecule has 0 radical (unpaired) electrons. The Labute approximate surface area is 247 Å². The van der Waals surface area contributed by atoms with Gasteiger partial charge in [0.05, 0.1) is 0 Å². The van der Waals surface area contributed by atoms with Crippen LogP contribution < -0.4 is 5.32 Å². The normalized spacial score (nSPS) is 15.6. The molecule has 43 heavy (non-hydrogen) atoms. The molecule has 0 spiro atoms. The minimum Gasteiger partial charge on any atom is -0.456 e. The summed E-state index contributed by atoms with van der Waals surface area (Å²) in [6.07, 6.45) is 2.62. The van der Waals surface area contributed by atoms with E-state index in [9.17, 15) is 0 Å². The Morgan fingerprint density at radius 1 is 0.558 bits per heavy atom. The number of nitrogens with zero attached hydrogens (tertiary/aromatic N) is 1. The van der Waals surface area contributed by atoms with Gasteiger partial charge in [0, 0.05) is 50.5 Å². The van der Waals surface area contributed by atoms with Crippen molar-refractivity contribution in [2.45, 2.75) is 12.6 Å². The zero-order valence-electron chi connectivity index (χ0n) is 23.2. The van der Waals surface area contributed by atoms with E-state index in [1.807, 2.05) is 30.3 Å². The van der Waals surface area contributed by atoms with Gasteiger partial charge in [0.15, 0.2) is 0 Å². The molecule has 2 aromatic heterocycles. The monoisotopic (exact) mass is 554 g/mol. The van der Waals surface area contributed by atoms with Crippen molar-refractivity contribution in [3.8, 4) is 0 Å². The molecule has 3 heterocycles. The third kappa shape index (κ3) is 3.95. The molecule has 0 aliphatic carbocycles. The van der Waals surface area contributed by atoms with Crippen LogP contribution in [0.3, 0.4) is 0 Å². The lowest BCUT2D eigenvalue weighted by atomic mass is 10.0. The lowest BCUT2D eigenvalue weighted by molar-refractivity contribution is 0.661. The number of allylic oxidation sites excluding steroid dienone is 1. The standard InChI is InChI=1S/C39H26N2O2/c1-2-9-25-22-26(17-16-24(25)8-1)32-20-21-33(27-18-19-29-28-10-3-5-13-34(28)43-37(29)23-27)41-39(40-32)31-12-7-15-36-38(31)30-11-4-6-14-35(30)42-36/h1-19,21-23,39,41H,20H2. The Balaban J connectivity index is 1.22. The van der Waals surface area contributed by atoms with Gasteiger partial charge in [0.1, 0.15) is 28.5 Å². The molecule has 0 bridgehead atoms. The Hall–Kier alpha value is -5.61. The zero-order valence-corrected chi connectivity index (χ0v) is 23.2. The number of hydrogen-bond acceptors (Lipinski definition) is 4. The highest BCUT2D eigenvalue weighted by Crippen LogP contribution is 2.37. The highest BCUT2D eigenvalue weighted by atomic mass is 16.3. The van der Waals surface area contributed by atoms with Gasteiger partial charge in [-0.1, -0.05) is 97.1 Å². The van der Waals surface area contributed by atoms with Crippen LogP contribution in [0.1, 0.15) is 29.3 Å². The van der Waals surface area contributed by atoms with E-state index >= 15 is 0 Å². The first-order chi connectivity index (χ1) is 21.3. The van der Waals surface area contributed by atoms with Crippen LogP contribution in [0.2, 0.25) is 0 Å². The van der Waals surface area contributed by atoms with E-state index in [1.54, 1.807) is 0 Å². The first-order valence-corrected chi connectivity index (χ1v) is 14.6. The maximum Gasteiger partial charge on any atom is 0.145 e. The number of fused-ring (bicyclic) bond motifs is 7. The van der Waals surface area contributed by atoms with Crippen LogP contribution in [-0.4, -0.2) is 5.71 Å². The van der Waals surface area contributed by atoms with Gasteiger partial charge >= 0.3 is 0 Å². The van der Waals surface area contributed by atoms with Crippen molar-refractivity contribution < 1.29 is 8.83 Å². The molecule has 0 fully saturated rings. The number of nitrogens with one attached hydrogen (secondary N) is 1. The summed E-state index contributed by atoms with van der Waals surface area (Å²) in [4.78, 5) is 5.42. The molecule has 1 atom stereocenters. The predicted octanol–water partition coefficient (Wildman–Crippen LogP) is 10.2. The second-order valence-electron chi connectivity index (χ2n) is 11.1. The highest BCUT2D eigenvalue weighted by molar-refractivity contribution is 6.09. The number of rotatable bonds is 3. The van der Waals surface area contributed by atoms with E-state index in [-0.39, 0.29) is 6.17 Å². The molecule has 1 aliphatic heterocycles. The molecule has 1 unspecified atom stereocenters. The van der Waals surface area contributed by atoms with Crippen LogP contribution in [0.4, 0.5) is 0 Å². The lowest BCUT2D eigenvalue weighted by Crippen LogP contribution is -2.18. The maximum absolute atomic E-state index is 6.26. The smallest absolute Gasteiger partial charge is 0.145 e. The minimum atomic E-state index is -0.328. The SMILES string of the molecule is C1=C(c2ccc3c(c2)oc2ccccc23)NC(c2cccc3oc4ccccc4c23)N=C(c2ccc3ccccc3c2)C1. The first-order valence-electron chi connectivity index (χ1n) is 14.6. The van der Waals surface area contributed by atoms with Gasteiger partial charge in [-0.15, -0.1) is 0 Å². The van der Waals surface area contributed by atoms with E-state index in [0.29, 0.717) is 6.42 Å². The largest absolute Gasteiger partial charge is 0.456 e. The summed E-state index contributed by atoms with van der Waals surface area (Å²) in [5.74, 6) is 0. The average Bonchev–Trinajstić information content (AvgIpc) is 3.54. The van der Waals surface area contributed by atoms with Crippen LogP contribution in [0, 0.1) is 0 Å². The molecule has 8 aromatic rings. The van der Waals surface area contributed by atoms with E-state index in [0.717, 1.165) is 72.0 Å². The van der Waals surface area contributed by atoms with Gasteiger partial charge in [0.25, 0.3) is 0 Å². The summed E-state index contributed by atoms with van der Waals surface area (Å²) in [7, 11) is 0. The van der Waals surface area contributed by atoms with E-state index in [2.05, 4.69) is 108 Å². The molecule has 1 aliphatic rings. The summed E-state index contributed by atoms with van der Waals surface area (Å²) in [5, 5.41) is 10.7. The second kappa shape index (κ2) is 9.47. The molecule has 0 saturated carbocycles. The molecule has 1 N–H and O–H groups in total. The van der Waals surface area contributed by atoms with Crippen LogP contribution >= 0.6 is 0 Å². The van der Waals surface area contributed by atoms with Gasteiger partial charge in [-0.05, 0) is 52.7 Å². The Morgan fingerprint density at radius 3 is 2.16 bits per heavy atom. The fourth-order valence-electron chi connectivity index (χ4n) is 6.48. The number of para-hydroxylation sites is 2. The topological polar surface area (TPSA) is 50.7 Å². The van der Waals surface area contributed by atoms with Crippen molar-refractivity contribution in [2.24, 2.45) is 4.99 Å². The Kier molecular flexibility index (Phi) is 5.29. The van der Waals surface area contributed by atoms with Gasteiger partial charge in [-0.2, -0.15) is 0 Å². The summed E-state index contributed by atoms with van der Waals surface area (Å²) in [6.45, 7) is 0. The molecule has 0 amide bonds. The summed E-state index contributed by atoms with van der Waals surface area (Å²) in [5.41, 5.74) is 8.85. The molecule has 6 aromatic carbocycles. The van der Waals surface area contributed by atoms with E-state index in [4.69, 9.17) is 13.8 Å². The highest BCUT2D eigenvalue weighted by Gasteiger charge is 2.23. The first kappa shape index (κ1) is 24.0. The fraction of sp³-hybridized carbons (Fsp3) is 0.0513. The summed E-state index contributed by atoms with van der Waals surface area (Å²) < 4.78 is 12.5. The predicted molar refractivity (Wildman–Crippen MR) is 176 cm³/mol. The minimum absolute atomic E-state index is 0.328. The van der Waals surface area contributed by atoms with Crippen molar-refractivity contribution in [2.75, 3.05) is 0 Å². The third-order valence-corrected chi connectivity index (χ3v) is 8.58. The lowest BCUT2D eigenvalue weighted by Gasteiger charge is -2.19. The van der Waals surface area contributed by atoms with Gasteiger partial charge in [-0.25, -0.2) is 0 Å². The van der Waals surface area contributed by atoms with Crippen LogP contribution in [0.5, 0.6) is 0 Å². The molecular formula is C39H26N2O2. The molecular weight excluding hydrogens is 528 g/mol. The summed E-state index contributed by atoms with van der Waals surface area (Å²) >= 11 is 0. The van der Waals surface area contributed by atoms with Crippen molar-refractivity contribution in [1.82, 2.24) is 5.32 Å². The van der Waals surface area contributed by atoms with Gasteiger partial charge in [0.2, 0.25) is 0 Å². The molecule has 0 saturated heterocycles. The Bertz CT molecular complexity index is 2420. The second-order valence-corrected chi connectivity index (χ2v) is 11.1. The zero-order chi connectivity index (χ0) is 28.3. The third-order valence-electron chi connectivity index (χ3n) is 8.58. The Morgan fingerprint density at radius 2 is 1.26 bits per heavy atom. The quantitative estimate of drug-likeness (QED) is 0.236. The van der Waals surface area contributed by atoms with E-state index in [1.165, 1.54) is 10.8 Å². The average molecular weight is 555 g/mol. The maximum atomic E-state index is 6.26. The number of benzene rings is 6. The van der Waals surface area contributed by atoms with Crippen molar-refractivity contribution in [3.05, 3.63) is 150 Å². The van der Waals surface area contributed by atoms with Crippen LogP contribution in [0.25, 0.3) is 60.3 Å². The fourth-order valence-corrected chi connectivity index (χ4v) is 6.48. The molecule has 4 nitrogen and oxygen atoms in total. The van der Waals surface area contributed by atoms with Gasteiger partial charge < -0.3 is 14.2 Å². The van der Waals surface area contributed by atoms with Crippen molar-refractivity contribution in [3.63, 3.8) is 0 Å². The van der Waals surface area contributed by atoms with Crippen LogP contribution in [-0.2, 0) is 0 Å². The van der Waals surface area contributed by atoms with Gasteiger partial charge in [-0.3, -0.25) is 4.99 Å².